The van der Waals surface area contributed by atoms with E-state index >= 15 is 0 Å². The second kappa shape index (κ2) is 4.87. The summed E-state index contributed by atoms with van der Waals surface area (Å²) in [6.07, 6.45) is 4.55. The summed E-state index contributed by atoms with van der Waals surface area (Å²) in [5, 5.41) is 0.710. The van der Waals surface area contributed by atoms with Crippen LogP contribution in [0.15, 0.2) is 12.1 Å². The van der Waals surface area contributed by atoms with Crippen molar-refractivity contribution in [3.63, 3.8) is 0 Å². The maximum absolute atomic E-state index is 6.29. The minimum atomic E-state index is 0.166. The van der Waals surface area contributed by atoms with Crippen LogP contribution in [0.5, 0.6) is 5.75 Å². The van der Waals surface area contributed by atoms with Crippen molar-refractivity contribution in [2.45, 2.75) is 38.0 Å². The molecule has 0 amide bonds. The van der Waals surface area contributed by atoms with E-state index in [4.69, 9.17) is 22.1 Å². The van der Waals surface area contributed by atoms with Crippen molar-refractivity contribution in [2.24, 2.45) is 5.73 Å². The maximum atomic E-state index is 6.29. The third-order valence-corrected chi connectivity index (χ3v) is 4.30. The zero-order valence-corrected chi connectivity index (χ0v) is 11.3. The van der Waals surface area contributed by atoms with Crippen LogP contribution in [-0.4, -0.2) is 13.7 Å². The Morgan fingerprint density at radius 1 is 1.41 bits per heavy atom. The van der Waals surface area contributed by atoms with Gasteiger partial charge in [-0.15, -0.1) is 0 Å². The lowest BCUT2D eigenvalue weighted by atomic mass is 9.64. The summed E-state index contributed by atoms with van der Waals surface area (Å²) >= 11 is 6.29. The van der Waals surface area contributed by atoms with Gasteiger partial charge in [0.2, 0.25) is 0 Å². The summed E-state index contributed by atoms with van der Waals surface area (Å²) in [6, 6.07) is 4.25. The number of rotatable bonds is 4. The van der Waals surface area contributed by atoms with Gasteiger partial charge in [0.05, 0.1) is 12.1 Å². The highest BCUT2D eigenvalue weighted by atomic mass is 35.5. The van der Waals surface area contributed by atoms with E-state index in [1.165, 1.54) is 30.4 Å². The Bertz CT molecular complexity index is 407. The van der Waals surface area contributed by atoms with Crippen LogP contribution in [0.2, 0.25) is 5.02 Å². The molecule has 2 rings (SSSR count). The van der Waals surface area contributed by atoms with E-state index in [1.807, 2.05) is 6.07 Å². The standard InChI is InChI=1S/C14H20ClNO/c1-3-10-7-11(8-12(15)13(10)17-2)14(9-16)5-4-6-14/h7-8H,3-6,9,16H2,1-2H3. The van der Waals surface area contributed by atoms with E-state index in [9.17, 15) is 0 Å². The monoisotopic (exact) mass is 253 g/mol. The quantitative estimate of drug-likeness (QED) is 0.894. The summed E-state index contributed by atoms with van der Waals surface area (Å²) < 4.78 is 5.36. The number of nitrogens with two attached hydrogens (primary N) is 1. The molecule has 0 aliphatic heterocycles. The van der Waals surface area contributed by atoms with E-state index in [0.717, 1.165) is 12.2 Å². The topological polar surface area (TPSA) is 35.2 Å². The third kappa shape index (κ3) is 2.04. The van der Waals surface area contributed by atoms with Gasteiger partial charge < -0.3 is 10.5 Å². The van der Waals surface area contributed by atoms with E-state index in [0.29, 0.717) is 11.6 Å². The molecule has 0 heterocycles. The SMILES string of the molecule is CCc1cc(C2(CN)CCC2)cc(Cl)c1OC. The first-order valence-corrected chi connectivity index (χ1v) is 6.61. The van der Waals surface area contributed by atoms with Crippen molar-refractivity contribution in [1.82, 2.24) is 0 Å². The zero-order chi connectivity index (χ0) is 12.5. The second-order valence-corrected chi connectivity index (χ2v) is 5.25. The van der Waals surface area contributed by atoms with Gasteiger partial charge in [-0.1, -0.05) is 31.0 Å². The van der Waals surface area contributed by atoms with Gasteiger partial charge in [0.15, 0.2) is 0 Å². The number of benzene rings is 1. The summed E-state index contributed by atoms with van der Waals surface area (Å²) in [4.78, 5) is 0. The Kier molecular flexibility index (Phi) is 3.64. The van der Waals surface area contributed by atoms with Crippen molar-refractivity contribution in [3.8, 4) is 5.75 Å². The average molecular weight is 254 g/mol. The smallest absolute Gasteiger partial charge is 0.140 e. The minimum absolute atomic E-state index is 0.166. The molecule has 1 aromatic rings. The van der Waals surface area contributed by atoms with Gasteiger partial charge in [-0.25, -0.2) is 0 Å². The molecule has 94 valence electrons. The third-order valence-electron chi connectivity index (χ3n) is 4.02. The lowest BCUT2D eigenvalue weighted by Crippen LogP contribution is -2.41. The lowest BCUT2D eigenvalue weighted by molar-refractivity contribution is 0.252. The molecule has 2 nitrogen and oxygen atoms in total. The van der Waals surface area contributed by atoms with Crippen LogP contribution in [0.1, 0.15) is 37.3 Å². The first kappa shape index (κ1) is 12.7. The van der Waals surface area contributed by atoms with Gasteiger partial charge >= 0.3 is 0 Å². The van der Waals surface area contributed by atoms with Crippen LogP contribution < -0.4 is 10.5 Å². The van der Waals surface area contributed by atoms with Crippen LogP contribution in [0.3, 0.4) is 0 Å². The van der Waals surface area contributed by atoms with E-state index in [1.54, 1.807) is 7.11 Å². The molecule has 0 spiro atoms. The Morgan fingerprint density at radius 2 is 2.12 bits per heavy atom. The molecule has 1 saturated carbocycles. The minimum Gasteiger partial charge on any atom is -0.495 e. The summed E-state index contributed by atoms with van der Waals surface area (Å²) in [5.41, 5.74) is 8.57. The molecule has 0 radical (unpaired) electrons. The van der Waals surface area contributed by atoms with Gasteiger partial charge in [0, 0.05) is 12.0 Å². The number of aryl methyl sites for hydroxylation is 1. The van der Waals surface area contributed by atoms with Crippen molar-refractivity contribution in [2.75, 3.05) is 13.7 Å². The molecule has 0 atom stereocenters. The Morgan fingerprint density at radius 3 is 2.53 bits per heavy atom. The van der Waals surface area contributed by atoms with Gasteiger partial charge in [-0.3, -0.25) is 0 Å². The van der Waals surface area contributed by atoms with Crippen LogP contribution in [0, 0.1) is 0 Å². The highest BCUT2D eigenvalue weighted by Gasteiger charge is 2.37. The van der Waals surface area contributed by atoms with Crippen LogP contribution in [-0.2, 0) is 11.8 Å². The lowest BCUT2D eigenvalue weighted by Gasteiger charge is -2.42. The molecule has 0 unspecified atom stereocenters. The average Bonchev–Trinajstić information content (AvgIpc) is 2.27. The largest absolute Gasteiger partial charge is 0.495 e. The molecule has 0 aromatic heterocycles. The van der Waals surface area contributed by atoms with Crippen molar-refractivity contribution >= 4 is 11.6 Å². The van der Waals surface area contributed by atoms with Crippen LogP contribution >= 0.6 is 11.6 Å². The zero-order valence-electron chi connectivity index (χ0n) is 10.6. The van der Waals surface area contributed by atoms with Gasteiger partial charge in [-0.2, -0.15) is 0 Å². The highest BCUT2D eigenvalue weighted by Crippen LogP contribution is 2.45. The Hall–Kier alpha value is -0.730. The molecule has 1 aliphatic carbocycles. The fourth-order valence-corrected chi connectivity index (χ4v) is 2.98. The number of methoxy groups -OCH3 is 1. The molecule has 1 fully saturated rings. The van der Waals surface area contributed by atoms with E-state index in [2.05, 4.69) is 13.0 Å². The Balaban J connectivity index is 2.46. The molecule has 0 saturated heterocycles. The van der Waals surface area contributed by atoms with Crippen molar-refractivity contribution < 1.29 is 4.74 Å². The fourth-order valence-electron chi connectivity index (χ4n) is 2.66. The van der Waals surface area contributed by atoms with Gasteiger partial charge in [-0.05, 0) is 36.5 Å². The van der Waals surface area contributed by atoms with E-state index in [-0.39, 0.29) is 5.41 Å². The number of hydrogen-bond donors (Lipinski definition) is 1. The first-order chi connectivity index (χ1) is 8.16. The normalized spacial score (nSPS) is 17.6. The fraction of sp³-hybridized carbons (Fsp3) is 0.571. The van der Waals surface area contributed by atoms with Gasteiger partial charge in [0.1, 0.15) is 5.75 Å². The molecular formula is C14H20ClNO. The number of ether oxygens (including phenoxy) is 1. The van der Waals surface area contributed by atoms with Crippen LogP contribution in [0.4, 0.5) is 0 Å². The molecular weight excluding hydrogens is 234 g/mol. The maximum Gasteiger partial charge on any atom is 0.140 e. The van der Waals surface area contributed by atoms with E-state index < -0.39 is 0 Å². The summed E-state index contributed by atoms with van der Waals surface area (Å²) in [5.74, 6) is 0.810. The molecule has 1 aliphatic rings. The van der Waals surface area contributed by atoms with Gasteiger partial charge in [0.25, 0.3) is 0 Å². The summed E-state index contributed by atoms with van der Waals surface area (Å²) in [7, 11) is 1.67. The highest BCUT2D eigenvalue weighted by molar-refractivity contribution is 6.32. The molecule has 1 aromatic carbocycles. The molecule has 2 N–H and O–H groups in total. The van der Waals surface area contributed by atoms with Crippen LogP contribution in [0.25, 0.3) is 0 Å². The molecule has 17 heavy (non-hydrogen) atoms. The second-order valence-electron chi connectivity index (χ2n) is 4.84. The molecule has 0 bridgehead atoms. The van der Waals surface area contributed by atoms with Crippen molar-refractivity contribution in [3.05, 3.63) is 28.3 Å². The number of halogens is 1. The summed E-state index contributed by atoms with van der Waals surface area (Å²) in [6.45, 7) is 2.83. The first-order valence-electron chi connectivity index (χ1n) is 6.24. The predicted octanol–water partition coefficient (Wildman–Crippen LogP) is 3.29. The Labute approximate surface area is 108 Å². The predicted molar refractivity (Wildman–Crippen MR) is 72.0 cm³/mol. The van der Waals surface area contributed by atoms with Crippen molar-refractivity contribution in [1.29, 1.82) is 0 Å². The molecule has 3 heteroatoms. The number of hydrogen-bond acceptors (Lipinski definition) is 2.